The van der Waals surface area contributed by atoms with Crippen LogP contribution in [0.4, 0.5) is 18.9 Å². The number of primary amides is 1. The van der Waals surface area contributed by atoms with Crippen molar-refractivity contribution in [2.45, 2.75) is 12.6 Å². The molecule has 178 valence electrons. The minimum absolute atomic E-state index is 0.0617. The molecule has 1 aliphatic rings. The molecule has 2 heterocycles. The highest BCUT2D eigenvalue weighted by Crippen LogP contribution is 2.28. The number of nitrogens with zero attached hydrogens (tertiary/aromatic N) is 3. The minimum atomic E-state index is -5.09. The zero-order valence-corrected chi connectivity index (χ0v) is 18.0. The topological polar surface area (TPSA) is 116 Å². The van der Waals surface area contributed by atoms with Crippen LogP contribution >= 0.6 is 0 Å². The summed E-state index contributed by atoms with van der Waals surface area (Å²) in [5.41, 5.74) is 7.34. The maximum absolute atomic E-state index is 12.6. The van der Waals surface area contributed by atoms with Crippen LogP contribution in [0.1, 0.15) is 16.8 Å². The van der Waals surface area contributed by atoms with Crippen molar-refractivity contribution in [3.8, 4) is 5.69 Å². The van der Waals surface area contributed by atoms with Gasteiger partial charge in [0.2, 0.25) is 5.91 Å². The Kier molecular flexibility index (Phi) is 5.77. The van der Waals surface area contributed by atoms with Crippen LogP contribution in [-0.4, -0.2) is 58.5 Å². The number of anilines is 1. The molecule has 0 spiro atoms. The van der Waals surface area contributed by atoms with Crippen LogP contribution in [0.3, 0.4) is 0 Å². The van der Waals surface area contributed by atoms with E-state index in [2.05, 4.69) is 15.3 Å². The second kappa shape index (κ2) is 8.45. The Morgan fingerprint density at radius 1 is 1.18 bits per heavy atom. The Balaban J connectivity index is 1.42. The van der Waals surface area contributed by atoms with Crippen LogP contribution in [0, 0.1) is 5.92 Å². The number of hydrogen-bond acceptors (Lipinski definition) is 5. The van der Waals surface area contributed by atoms with Gasteiger partial charge in [-0.3, -0.25) is 14.4 Å². The first-order valence-corrected chi connectivity index (χ1v) is 10.3. The van der Waals surface area contributed by atoms with E-state index in [0.29, 0.717) is 22.5 Å². The van der Waals surface area contributed by atoms with Crippen LogP contribution in [-0.2, 0) is 14.4 Å². The fraction of sp³-hybridized carbons (Fsp3) is 0.273. The molecule has 9 nitrogen and oxygen atoms in total. The number of halogens is 3. The van der Waals surface area contributed by atoms with Gasteiger partial charge in [0.05, 0.1) is 17.2 Å². The summed E-state index contributed by atoms with van der Waals surface area (Å²) in [4.78, 5) is 39.9. The van der Waals surface area contributed by atoms with Gasteiger partial charge in [0, 0.05) is 23.7 Å². The summed E-state index contributed by atoms with van der Waals surface area (Å²) >= 11 is 0. The Labute approximate surface area is 191 Å². The molecule has 0 aliphatic carbocycles. The third kappa shape index (κ3) is 4.71. The molecule has 1 unspecified atom stereocenters. The monoisotopic (exact) mass is 476 g/mol. The lowest BCUT2D eigenvalue weighted by atomic mass is 10.1. The van der Waals surface area contributed by atoms with E-state index in [0.717, 1.165) is 5.39 Å². The third-order valence-corrected chi connectivity index (χ3v) is 5.66. The first-order valence-electron chi connectivity index (χ1n) is 10.3. The first-order chi connectivity index (χ1) is 15.9. The smallest absolute Gasteiger partial charge is 0.366 e. The molecule has 4 rings (SSSR count). The molecule has 2 aromatic carbocycles. The Bertz CT molecular complexity index is 1270. The number of carbonyl (C=O) groups excluding carboxylic acids is 3. The van der Waals surface area contributed by atoms with Gasteiger partial charge in [-0.25, -0.2) is 9.48 Å². The van der Waals surface area contributed by atoms with Crippen LogP contribution in [0.15, 0.2) is 48.7 Å². The number of nitrogens with one attached hydrogen (secondary N) is 1. The summed E-state index contributed by atoms with van der Waals surface area (Å²) < 4.78 is 38.5. The van der Waals surface area contributed by atoms with Crippen LogP contribution < -0.4 is 11.1 Å². The number of fused-ring (bicyclic) bond motifs is 1. The highest BCUT2D eigenvalue weighted by molar-refractivity contribution is 6.04. The van der Waals surface area contributed by atoms with Gasteiger partial charge in [0.25, 0.3) is 5.91 Å². The Morgan fingerprint density at radius 3 is 2.53 bits per heavy atom. The number of quaternary nitrogens is 1. The molecule has 1 fully saturated rings. The molecule has 1 aliphatic heterocycles. The number of benzene rings is 2. The second-order valence-corrected chi connectivity index (χ2v) is 8.28. The molecule has 0 radical (unpaired) electrons. The van der Waals surface area contributed by atoms with Crippen LogP contribution in [0.5, 0.6) is 0 Å². The number of nitrogens with two attached hydrogens (primary N) is 1. The number of hydroxylamine groups is 3. The van der Waals surface area contributed by atoms with Crippen LogP contribution in [0.2, 0.25) is 0 Å². The van der Waals surface area contributed by atoms with E-state index in [1.54, 1.807) is 53.3 Å². The van der Waals surface area contributed by atoms with Crippen molar-refractivity contribution in [3.63, 3.8) is 0 Å². The third-order valence-electron chi connectivity index (χ3n) is 5.66. The summed E-state index contributed by atoms with van der Waals surface area (Å²) in [6, 6.07) is 11.8. The standard InChI is InChI=1S/C22H20F3N5O4/c1-30(34-21(33)22(23,24)25)10-9-14(12-30)20(32)27-15-5-7-16(8-6-15)29-11-13-3-2-4-17(19(26)31)18(13)28-29/h2-8,11,14H,9-10,12H2,1H3,(H2-,26,27,31,32)/p+1/t14-,30?/m1/s1. The molecule has 12 heteroatoms. The number of hydrogen-bond donors (Lipinski definition) is 2. The number of carbonyl (C=O) groups is 3. The molecule has 34 heavy (non-hydrogen) atoms. The van der Waals surface area contributed by atoms with Crippen molar-refractivity contribution in [3.05, 3.63) is 54.2 Å². The highest BCUT2D eigenvalue weighted by atomic mass is 19.4. The normalized spacial score (nSPS) is 20.3. The van der Waals surface area contributed by atoms with Gasteiger partial charge in [-0.15, -0.1) is 4.65 Å². The average Bonchev–Trinajstić information content (AvgIpc) is 3.37. The number of alkyl halides is 3. The number of rotatable bonds is 5. The van der Waals surface area contributed by atoms with Crippen LogP contribution in [0.25, 0.3) is 16.6 Å². The number of amides is 2. The van der Waals surface area contributed by atoms with E-state index in [4.69, 9.17) is 5.73 Å². The number of aromatic nitrogens is 2. The molecular weight excluding hydrogens is 455 g/mol. The lowest BCUT2D eigenvalue weighted by molar-refractivity contribution is -1.07. The Hall–Kier alpha value is -3.93. The molecular formula is C22H21F3N5O4+. The lowest BCUT2D eigenvalue weighted by Crippen LogP contribution is -2.47. The first kappa shape index (κ1) is 23.2. The van der Waals surface area contributed by atoms with E-state index in [-0.39, 0.29) is 25.4 Å². The highest BCUT2D eigenvalue weighted by Gasteiger charge is 2.50. The summed E-state index contributed by atoms with van der Waals surface area (Å²) in [7, 11) is 1.34. The predicted molar refractivity (Wildman–Crippen MR) is 114 cm³/mol. The minimum Gasteiger partial charge on any atom is -0.366 e. The second-order valence-electron chi connectivity index (χ2n) is 8.28. The van der Waals surface area contributed by atoms with Crippen molar-refractivity contribution in [2.24, 2.45) is 11.7 Å². The van der Waals surface area contributed by atoms with Gasteiger partial charge in [-0.2, -0.15) is 18.3 Å². The van der Waals surface area contributed by atoms with Gasteiger partial charge in [0.1, 0.15) is 25.7 Å². The fourth-order valence-electron chi connectivity index (χ4n) is 3.94. The summed E-state index contributed by atoms with van der Waals surface area (Å²) in [6.45, 7) is 0.0345. The molecule has 0 bridgehead atoms. The maximum atomic E-state index is 12.6. The summed E-state index contributed by atoms with van der Waals surface area (Å²) in [5, 5.41) is 7.89. The fourth-order valence-corrected chi connectivity index (χ4v) is 3.94. The molecule has 2 amide bonds. The predicted octanol–water partition coefficient (Wildman–Crippen LogP) is 2.55. The average molecular weight is 476 g/mol. The molecule has 2 atom stereocenters. The van der Waals surface area contributed by atoms with Crippen molar-refractivity contribution < 1.29 is 37.0 Å². The Morgan fingerprint density at radius 2 is 1.88 bits per heavy atom. The number of likely N-dealkylation sites (tertiary alicyclic amines) is 1. The molecule has 0 saturated carbocycles. The lowest BCUT2D eigenvalue weighted by Gasteiger charge is -2.25. The van der Waals surface area contributed by atoms with Gasteiger partial charge in [0.15, 0.2) is 0 Å². The quantitative estimate of drug-likeness (QED) is 0.549. The van der Waals surface area contributed by atoms with E-state index in [1.807, 2.05) is 0 Å². The van der Waals surface area contributed by atoms with Crippen molar-refractivity contribution in [2.75, 3.05) is 25.5 Å². The van der Waals surface area contributed by atoms with Crippen molar-refractivity contribution >= 4 is 34.4 Å². The zero-order valence-electron chi connectivity index (χ0n) is 18.0. The molecule has 3 N–H and O–H groups in total. The van der Waals surface area contributed by atoms with Gasteiger partial charge in [-0.05, 0) is 30.3 Å². The zero-order chi connectivity index (χ0) is 24.7. The molecule has 1 aromatic heterocycles. The largest absolute Gasteiger partial charge is 0.497 e. The van der Waals surface area contributed by atoms with E-state index >= 15 is 0 Å². The SMILES string of the molecule is C[N+]1(OC(=O)C(F)(F)F)CC[C@@H](C(=O)Nc2ccc(-n3cc4cccc(C(N)=O)c4n3)cc2)C1. The van der Waals surface area contributed by atoms with E-state index in [1.165, 1.54) is 7.05 Å². The van der Waals surface area contributed by atoms with Gasteiger partial charge < -0.3 is 11.1 Å². The van der Waals surface area contributed by atoms with Crippen molar-refractivity contribution in [1.29, 1.82) is 0 Å². The van der Waals surface area contributed by atoms with E-state index in [9.17, 15) is 27.6 Å². The molecule has 1 saturated heterocycles. The summed E-state index contributed by atoms with van der Waals surface area (Å²) in [6.07, 6.45) is -3.08. The van der Waals surface area contributed by atoms with Crippen molar-refractivity contribution in [1.82, 2.24) is 9.78 Å². The van der Waals surface area contributed by atoms with Gasteiger partial charge in [-0.1, -0.05) is 12.1 Å². The molecule has 3 aromatic rings. The van der Waals surface area contributed by atoms with E-state index < -0.39 is 28.6 Å². The van der Waals surface area contributed by atoms with Gasteiger partial charge >= 0.3 is 12.1 Å². The maximum Gasteiger partial charge on any atom is 0.497 e. The summed E-state index contributed by atoms with van der Waals surface area (Å²) in [5.74, 6) is -3.85.